The quantitative estimate of drug-likeness (QED) is 0.857. The molecule has 4 nitrogen and oxygen atoms in total. The Labute approximate surface area is 140 Å². The minimum absolute atomic E-state index is 0.109. The molecule has 0 atom stereocenters. The number of morpholine rings is 1. The Bertz CT molecular complexity index is 661. The van der Waals surface area contributed by atoms with Crippen LogP contribution in [-0.2, 0) is 16.1 Å². The topological polar surface area (TPSA) is 41.6 Å². The number of anilines is 1. The number of thiophene rings is 1. The summed E-state index contributed by atoms with van der Waals surface area (Å²) in [5, 5.41) is 4.91. The molecule has 23 heavy (non-hydrogen) atoms. The van der Waals surface area contributed by atoms with E-state index in [1.807, 2.05) is 41.8 Å². The molecular weight excluding hydrogens is 308 g/mol. The van der Waals surface area contributed by atoms with E-state index in [1.165, 1.54) is 5.56 Å². The first-order valence-electron chi connectivity index (χ1n) is 7.71. The zero-order chi connectivity index (χ0) is 15.9. The van der Waals surface area contributed by atoms with Gasteiger partial charge < -0.3 is 10.1 Å². The largest absolute Gasteiger partial charge is 0.379 e. The number of nitrogens with zero attached hydrogens (tertiary/aromatic N) is 1. The molecular formula is C18H20N2O2S. The molecule has 1 fully saturated rings. The Morgan fingerprint density at radius 3 is 2.91 bits per heavy atom. The number of rotatable bonds is 5. The van der Waals surface area contributed by atoms with Gasteiger partial charge in [0.25, 0.3) is 0 Å². The molecule has 1 aromatic carbocycles. The van der Waals surface area contributed by atoms with Crippen molar-refractivity contribution in [2.75, 3.05) is 31.6 Å². The molecule has 1 saturated heterocycles. The Kier molecular flexibility index (Phi) is 5.58. The fourth-order valence-electron chi connectivity index (χ4n) is 2.49. The number of ether oxygens (including phenoxy) is 1. The first kappa shape index (κ1) is 15.9. The van der Waals surface area contributed by atoms with Crippen molar-refractivity contribution in [3.05, 3.63) is 58.3 Å². The van der Waals surface area contributed by atoms with Crippen molar-refractivity contribution in [1.29, 1.82) is 0 Å². The van der Waals surface area contributed by atoms with Crippen molar-refractivity contribution in [3.8, 4) is 0 Å². The van der Waals surface area contributed by atoms with Gasteiger partial charge in [0.05, 0.1) is 13.2 Å². The first-order valence-corrected chi connectivity index (χ1v) is 8.59. The predicted molar refractivity (Wildman–Crippen MR) is 94.5 cm³/mol. The van der Waals surface area contributed by atoms with Crippen molar-refractivity contribution in [2.45, 2.75) is 6.54 Å². The number of carbonyl (C=O) groups excluding carboxylic acids is 1. The van der Waals surface area contributed by atoms with E-state index in [2.05, 4.69) is 16.3 Å². The van der Waals surface area contributed by atoms with Crippen LogP contribution in [0, 0.1) is 0 Å². The minimum atomic E-state index is -0.109. The molecule has 1 N–H and O–H groups in total. The third kappa shape index (κ3) is 5.03. The fourth-order valence-corrected chi connectivity index (χ4v) is 3.11. The normalized spacial score (nSPS) is 15.8. The molecule has 1 amide bonds. The summed E-state index contributed by atoms with van der Waals surface area (Å²) >= 11 is 1.61. The van der Waals surface area contributed by atoms with Crippen molar-refractivity contribution < 1.29 is 9.53 Å². The maximum absolute atomic E-state index is 12.0. The molecule has 0 aliphatic carbocycles. The lowest BCUT2D eigenvalue weighted by molar-refractivity contribution is -0.111. The van der Waals surface area contributed by atoms with Crippen LogP contribution in [0.1, 0.15) is 10.4 Å². The third-order valence-electron chi connectivity index (χ3n) is 3.65. The van der Waals surface area contributed by atoms with E-state index in [1.54, 1.807) is 17.4 Å². The van der Waals surface area contributed by atoms with Crippen molar-refractivity contribution in [1.82, 2.24) is 4.90 Å². The average molecular weight is 328 g/mol. The summed E-state index contributed by atoms with van der Waals surface area (Å²) in [6.45, 7) is 4.40. The summed E-state index contributed by atoms with van der Waals surface area (Å²) in [6, 6.07) is 12.0. The van der Waals surface area contributed by atoms with E-state index in [0.717, 1.165) is 43.4 Å². The highest BCUT2D eigenvalue weighted by Gasteiger charge is 2.10. The Morgan fingerprint density at radius 2 is 2.13 bits per heavy atom. The molecule has 0 unspecified atom stereocenters. The molecule has 2 heterocycles. The monoisotopic (exact) mass is 328 g/mol. The highest BCUT2D eigenvalue weighted by molar-refractivity contribution is 7.10. The number of hydrogen-bond donors (Lipinski definition) is 1. The van der Waals surface area contributed by atoms with E-state index in [0.29, 0.717) is 0 Å². The summed E-state index contributed by atoms with van der Waals surface area (Å²) in [7, 11) is 0. The second-order valence-corrected chi connectivity index (χ2v) is 6.41. The maximum atomic E-state index is 12.0. The van der Waals surface area contributed by atoms with Crippen molar-refractivity contribution in [2.24, 2.45) is 0 Å². The van der Waals surface area contributed by atoms with Gasteiger partial charge in [-0.15, -0.1) is 11.3 Å². The van der Waals surface area contributed by atoms with Gasteiger partial charge in [0.15, 0.2) is 0 Å². The van der Waals surface area contributed by atoms with Gasteiger partial charge in [-0.1, -0.05) is 18.2 Å². The Morgan fingerprint density at radius 1 is 1.26 bits per heavy atom. The standard InChI is InChI=1S/C18H20N2O2S/c21-18(7-6-17-5-2-12-23-17)19-16-4-1-3-15(13-16)14-20-8-10-22-11-9-20/h1-7,12-13H,8-11,14H2,(H,19,21)/b7-6-. The lowest BCUT2D eigenvalue weighted by Gasteiger charge is -2.26. The molecule has 5 heteroatoms. The van der Waals surface area contributed by atoms with E-state index in [-0.39, 0.29) is 5.91 Å². The van der Waals surface area contributed by atoms with Gasteiger partial charge >= 0.3 is 0 Å². The number of benzene rings is 1. The molecule has 1 aromatic heterocycles. The van der Waals surface area contributed by atoms with Crippen LogP contribution in [-0.4, -0.2) is 37.1 Å². The van der Waals surface area contributed by atoms with Crippen LogP contribution in [0.2, 0.25) is 0 Å². The van der Waals surface area contributed by atoms with Crippen LogP contribution in [0.25, 0.3) is 6.08 Å². The summed E-state index contributed by atoms with van der Waals surface area (Å²) in [5.41, 5.74) is 2.03. The lowest BCUT2D eigenvalue weighted by Crippen LogP contribution is -2.35. The zero-order valence-electron chi connectivity index (χ0n) is 12.9. The molecule has 0 radical (unpaired) electrons. The summed E-state index contributed by atoms with van der Waals surface area (Å²) in [6.07, 6.45) is 3.40. The molecule has 0 saturated carbocycles. The highest BCUT2D eigenvalue weighted by atomic mass is 32.1. The van der Waals surface area contributed by atoms with E-state index in [4.69, 9.17) is 4.74 Å². The molecule has 1 aliphatic rings. The number of nitrogens with one attached hydrogen (secondary N) is 1. The first-order chi connectivity index (χ1) is 11.3. The zero-order valence-corrected chi connectivity index (χ0v) is 13.7. The van der Waals surface area contributed by atoms with Crippen molar-refractivity contribution in [3.63, 3.8) is 0 Å². The van der Waals surface area contributed by atoms with Gasteiger partial charge in [-0.2, -0.15) is 0 Å². The summed E-state index contributed by atoms with van der Waals surface area (Å²) in [4.78, 5) is 15.4. The number of amides is 1. The van der Waals surface area contributed by atoms with Gasteiger partial charge in [-0.3, -0.25) is 9.69 Å². The SMILES string of the molecule is O=C(/C=C\c1cccs1)Nc1cccc(CN2CCOCC2)c1. The average Bonchev–Trinajstić information content (AvgIpc) is 3.08. The van der Waals surface area contributed by atoms with Gasteiger partial charge in [0.2, 0.25) is 5.91 Å². The van der Waals surface area contributed by atoms with E-state index < -0.39 is 0 Å². The van der Waals surface area contributed by atoms with Crippen LogP contribution in [0.3, 0.4) is 0 Å². The molecule has 2 aromatic rings. The van der Waals surface area contributed by atoms with Crippen molar-refractivity contribution >= 4 is 29.0 Å². The maximum Gasteiger partial charge on any atom is 0.248 e. The van der Waals surface area contributed by atoms with E-state index >= 15 is 0 Å². The van der Waals surface area contributed by atoms with Crippen LogP contribution in [0.4, 0.5) is 5.69 Å². The third-order valence-corrected chi connectivity index (χ3v) is 4.48. The molecule has 3 rings (SSSR count). The Balaban J connectivity index is 1.57. The number of carbonyl (C=O) groups is 1. The van der Waals surface area contributed by atoms with Gasteiger partial charge in [0.1, 0.15) is 0 Å². The minimum Gasteiger partial charge on any atom is -0.379 e. The second kappa shape index (κ2) is 8.06. The van der Waals surface area contributed by atoms with Crippen LogP contribution >= 0.6 is 11.3 Å². The number of hydrogen-bond acceptors (Lipinski definition) is 4. The molecule has 0 spiro atoms. The van der Waals surface area contributed by atoms with Gasteiger partial charge in [0, 0.05) is 36.3 Å². The second-order valence-electron chi connectivity index (χ2n) is 5.43. The van der Waals surface area contributed by atoms with Gasteiger partial charge in [-0.25, -0.2) is 0 Å². The summed E-state index contributed by atoms with van der Waals surface area (Å²) < 4.78 is 5.37. The summed E-state index contributed by atoms with van der Waals surface area (Å²) in [5.74, 6) is -0.109. The lowest BCUT2D eigenvalue weighted by atomic mass is 10.2. The van der Waals surface area contributed by atoms with Gasteiger partial charge in [-0.05, 0) is 35.2 Å². The highest BCUT2D eigenvalue weighted by Crippen LogP contribution is 2.14. The fraction of sp³-hybridized carbons (Fsp3) is 0.278. The molecule has 1 aliphatic heterocycles. The Hall–Kier alpha value is -1.95. The van der Waals surface area contributed by atoms with Crippen LogP contribution in [0.5, 0.6) is 0 Å². The smallest absolute Gasteiger partial charge is 0.248 e. The van der Waals surface area contributed by atoms with Crippen LogP contribution in [0.15, 0.2) is 47.9 Å². The van der Waals surface area contributed by atoms with E-state index in [9.17, 15) is 4.79 Å². The van der Waals surface area contributed by atoms with Crippen LogP contribution < -0.4 is 5.32 Å². The molecule has 120 valence electrons. The molecule has 0 bridgehead atoms. The predicted octanol–water partition coefficient (Wildman–Crippen LogP) is 3.23.